The quantitative estimate of drug-likeness (QED) is 0.424. The predicted molar refractivity (Wildman–Crippen MR) is 125 cm³/mol. The van der Waals surface area contributed by atoms with Gasteiger partial charge >= 0.3 is 0 Å². The lowest BCUT2D eigenvalue weighted by Crippen LogP contribution is -2.28. The third kappa shape index (κ3) is 7.66. The Hall–Kier alpha value is -1.83. The molecule has 31 heavy (non-hydrogen) atoms. The smallest absolute Gasteiger partial charge is 0.222 e. The van der Waals surface area contributed by atoms with Gasteiger partial charge < -0.3 is 19.7 Å². The Bertz CT molecular complexity index is 851. The Morgan fingerprint density at radius 2 is 1.94 bits per heavy atom. The molecule has 1 saturated heterocycles. The molecule has 0 radical (unpaired) electrons. The summed E-state index contributed by atoms with van der Waals surface area (Å²) in [6.45, 7) is 6.03. The molecule has 3 rings (SSSR count). The van der Waals surface area contributed by atoms with Gasteiger partial charge in [0.2, 0.25) is 5.91 Å². The van der Waals surface area contributed by atoms with Crippen LogP contribution in [0.5, 0.6) is 11.5 Å². The molecule has 0 aliphatic carbocycles. The lowest BCUT2D eigenvalue weighted by atomic mass is 10.2. The molecule has 2 aromatic rings. The van der Waals surface area contributed by atoms with Crippen molar-refractivity contribution in [1.29, 1.82) is 0 Å². The van der Waals surface area contributed by atoms with Gasteiger partial charge in [0.25, 0.3) is 0 Å². The van der Waals surface area contributed by atoms with Crippen molar-refractivity contribution in [2.45, 2.75) is 39.3 Å². The Labute approximate surface area is 197 Å². The lowest BCUT2D eigenvalue weighted by molar-refractivity contribution is -0.127. The normalized spacial score (nSPS) is 13.3. The zero-order valence-electron chi connectivity index (χ0n) is 17.7. The second-order valence-electron chi connectivity index (χ2n) is 7.27. The molecular formula is C23H29BrClFN2O3. The van der Waals surface area contributed by atoms with Gasteiger partial charge in [0.05, 0.1) is 11.1 Å². The number of carbonyl (C=O) groups excluding carboxylic acids is 1. The van der Waals surface area contributed by atoms with Gasteiger partial charge in [-0.15, -0.1) is 12.4 Å². The second kappa shape index (κ2) is 12.9. The zero-order valence-corrected chi connectivity index (χ0v) is 20.1. The average Bonchev–Trinajstić information content (AvgIpc) is 3.13. The van der Waals surface area contributed by atoms with Gasteiger partial charge in [0.1, 0.15) is 12.4 Å². The van der Waals surface area contributed by atoms with E-state index >= 15 is 0 Å². The van der Waals surface area contributed by atoms with Crippen LogP contribution >= 0.6 is 28.3 Å². The van der Waals surface area contributed by atoms with Crippen LogP contribution in [-0.4, -0.2) is 37.0 Å². The van der Waals surface area contributed by atoms with Gasteiger partial charge in [-0.1, -0.05) is 12.1 Å². The highest BCUT2D eigenvalue weighted by atomic mass is 79.9. The fraction of sp³-hybridized carbons (Fsp3) is 0.435. The number of amides is 1. The maximum Gasteiger partial charge on any atom is 0.222 e. The largest absolute Gasteiger partial charge is 0.490 e. The van der Waals surface area contributed by atoms with E-state index in [2.05, 4.69) is 21.2 Å². The lowest BCUT2D eigenvalue weighted by Gasteiger charge is -2.17. The Morgan fingerprint density at radius 3 is 2.61 bits per heavy atom. The molecule has 0 atom stereocenters. The molecule has 1 heterocycles. The van der Waals surface area contributed by atoms with E-state index < -0.39 is 0 Å². The molecule has 1 aliphatic heterocycles. The van der Waals surface area contributed by atoms with Crippen molar-refractivity contribution in [3.05, 3.63) is 57.8 Å². The van der Waals surface area contributed by atoms with Crippen molar-refractivity contribution >= 4 is 34.2 Å². The van der Waals surface area contributed by atoms with Crippen molar-refractivity contribution in [1.82, 2.24) is 10.2 Å². The van der Waals surface area contributed by atoms with Gasteiger partial charge in [0.15, 0.2) is 11.5 Å². The fourth-order valence-corrected chi connectivity index (χ4v) is 4.03. The van der Waals surface area contributed by atoms with E-state index in [0.717, 1.165) is 48.1 Å². The van der Waals surface area contributed by atoms with Gasteiger partial charge in [-0.25, -0.2) is 4.39 Å². The highest BCUT2D eigenvalue weighted by molar-refractivity contribution is 9.10. The first-order chi connectivity index (χ1) is 14.6. The number of hydrogen-bond donors (Lipinski definition) is 1. The molecule has 1 fully saturated rings. The molecule has 2 aromatic carbocycles. The maximum absolute atomic E-state index is 13.1. The summed E-state index contributed by atoms with van der Waals surface area (Å²) < 4.78 is 25.6. The first-order valence-electron chi connectivity index (χ1n) is 10.4. The van der Waals surface area contributed by atoms with E-state index in [9.17, 15) is 9.18 Å². The molecule has 1 N–H and O–H groups in total. The van der Waals surface area contributed by atoms with E-state index in [0.29, 0.717) is 37.7 Å². The molecule has 0 aromatic heterocycles. The van der Waals surface area contributed by atoms with E-state index in [1.54, 1.807) is 12.1 Å². The SMILES string of the molecule is CCOc1cc(CNCCCN2CCCC2=O)cc(Br)c1OCc1ccc(F)cc1.Cl. The van der Waals surface area contributed by atoms with E-state index in [1.165, 1.54) is 12.1 Å². The van der Waals surface area contributed by atoms with Crippen molar-refractivity contribution in [2.75, 3.05) is 26.2 Å². The third-order valence-corrected chi connectivity index (χ3v) is 5.54. The Balaban J connectivity index is 0.00000341. The molecule has 0 bridgehead atoms. The number of nitrogens with one attached hydrogen (secondary N) is 1. The van der Waals surface area contributed by atoms with Crippen molar-refractivity contribution in [3.63, 3.8) is 0 Å². The minimum atomic E-state index is -0.265. The minimum absolute atomic E-state index is 0. The van der Waals surface area contributed by atoms with E-state index in [4.69, 9.17) is 9.47 Å². The maximum atomic E-state index is 13.1. The predicted octanol–water partition coefficient (Wildman–Crippen LogP) is 5.09. The highest BCUT2D eigenvalue weighted by Gasteiger charge is 2.19. The van der Waals surface area contributed by atoms with Crippen LogP contribution in [0.15, 0.2) is 40.9 Å². The fourth-order valence-electron chi connectivity index (χ4n) is 3.43. The standard InChI is InChI=1S/C23H28BrFN2O3.ClH/c1-2-29-21-14-18(15-26-10-4-12-27-11-3-5-22(27)28)13-20(24)23(21)30-16-17-6-8-19(25)9-7-17;/h6-9,13-14,26H,2-5,10-12,15-16H2,1H3;1H. The van der Waals surface area contributed by atoms with Crippen molar-refractivity contribution in [3.8, 4) is 11.5 Å². The van der Waals surface area contributed by atoms with Crippen LogP contribution in [0.2, 0.25) is 0 Å². The summed E-state index contributed by atoms with van der Waals surface area (Å²) in [6, 6.07) is 10.2. The zero-order chi connectivity index (χ0) is 21.3. The summed E-state index contributed by atoms with van der Waals surface area (Å²) in [5.41, 5.74) is 1.96. The number of benzene rings is 2. The Morgan fingerprint density at radius 1 is 1.16 bits per heavy atom. The van der Waals surface area contributed by atoms with Crippen LogP contribution in [-0.2, 0) is 17.9 Å². The summed E-state index contributed by atoms with van der Waals surface area (Å²) >= 11 is 3.59. The van der Waals surface area contributed by atoms with Crippen LogP contribution in [0.4, 0.5) is 4.39 Å². The van der Waals surface area contributed by atoms with Crippen LogP contribution in [0, 0.1) is 5.82 Å². The van der Waals surface area contributed by atoms with Crippen molar-refractivity contribution in [2.24, 2.45) is 0 Å². The van der Waals surface area contributed by atoms with Crippen LogP contribution in [0.1, 0.15) is 37.3 Å². The van der Waals surface area contributed by atoms with Gasteiger partial charge in [-0.05, 0) is 77.6 Å². The first kappa shape index (κ1) is 25.4. The molecular weight excluding hydrogens is 487 g/mol. The number of nitrogens with zero attached hydrogens (tertiary/aromatic N) is 1. The minimum Gasteiger partial charge on any atom is -0.490 e. The molecule has 0 spiro atoms. The van der Waals surface area contributed by atoms with Crippen LogP contribution in [0.3, 0.4) is 0 Å². The summed E-state index contributed by atoms with van der Waals surface area (Å²) in [6.07, 6.45) is 2.61. The summed E-state index contributed by atoms with van der Waals surface area (Å²) in [5, 5.41) is 3.43. The number of hydrogen-bond acceptors (Lipinski definition) is 4. The number of halogens is 3. The summed E-state index contributed by atoms with van der Waals surface area (Å²) in [5.74, 6) is 1.32. The molecule has 8 heteroatoms. The first-order valence-corrected chi connectivity index (χ1v) is 11.2. The van der Waals surface area contributed by atoms with Crippen LogP contribution < -0.4 is 14.8 Å². The van der Waals surface area contributed by atoms with Gasteiger partial charge in [-0.2, -0.15) is 0 Å². The summed E-state index contributed by atoms with van der Waals surface area (Å²) in [7, 11) is 0. The number of likely N-dealkylation sites (tertiary alicyclic amines) is 1. The number of carbonyl (C=O) groups is 1. The van der Waals surface area contributed by atoms with Gasteiger partial charge in [0, 0.05) is 26.1 Å². The average molecular weight is 516 g/mol. The highest BCUT2D eigenvalue weighted by Crippen LogP contribution is 2.37. The molecule has 0 unspecified atom stereocenters. The summed E-state index contributed by atoms with van der Waals surface area (Å²) in [4.78, 5) is 13.6. The van der Waals surface area contributed by atoms with Crippen molar-refractivity contribution < 1.29 is 18.7 Å². The molecule has 170 valence electrons. The van der Waals surface area contributed by atoms with E-state index in [-0.39, 0.29) is 24.1 Å². The van der Waals surface area contributed by atoms with Gasteiger partial charge in [-0.3, -0.25) is 4.79 Å². The number of ether oxygens (including phenoxy) is 2. The van der Waals surface area contributed by atoms with Crippen LogP contribution in [0.25, 0.3) is 0 Å². The molecule has 5 nitrogen and oxygen atoms in total. The monoisotopic (exact) mass is 514 g/mol. The topological polar surface area (TPSA) is 50.8 Å². The number of rotatable bonds is 11. The third-order valence-electron chi connectivity index (χ3n) is 4.95. The second-order valence-corrected chi connectivity index (χ2v) is 8.12. The molecule has 0 saturated carbocycles. The Kier molecular flexibility index (Phi) is 10.6. The molecule has 1 aliphatic rings. The molecule has 1 amide bonds. The van der Waals surface area contributed by atoms with E-state index in [1.807, 2.05) is 24.0 Å².